The zero-order valence-corrected chi connectivity index (χ0v) is 9.16. The molecule has 72 valence electrons. The van der Waals surface area contributed by atoms with Crippen molar-refractivity contribution >= 4 is 25.0 Å². The van der Waals surface area contributed by atoms with E-state index in [2.05, 4.69) is 0 Å². The van der Waals surface area contributed by atoms with Crippen molar-refractivity contribution in [3.63, 3.8) is 0 Å². The number of rotatable bonds is 4. The third kappa shape index (κ3) is 3.26. The fourth-order valence-corrected chi connectivity index (χ4v) is 2.69. The summed E-state index contributed by atoms with van der Waals surface area (Å²) in [5.41, 5.74) is 6.10. The second-order valence-electron chi connectivity index (χ2n) is 2.48. The Morgan fingerprint density at radius 2 is 2.00 bits per heavy atom. The number of hydrogen-bond acceptors (Lipinski definition) is 4. The summed E-state index contributed by atoms with van der Waals surface area (Å²) in [7, 11) is 0. The first-order valence-corrected chi connectivity index (χ1v) is 6.64. The van der Waals surface area contributed by atoms with E-state index in [1.807, 2.05) is 0 Å². The molecule has 0 bridgehead atoms. The van der Waals surface area contributed by atoms with Gasteiger partial charge in [-0.1, -0.05) is 0 Å². The maximum absolute atomic E-state index is 11.4. The predicted octanol–water partition coefficient (Wildman–Crippen LogP) is -0.864. The molecule has 1 aromatic carbocycles. The zero-order valence-electron chi connectivity index (χ0n) is 7.06. The normalized spacial score (nSPS) is 12.7. The van der Waals surface area contributed by atoms with Crippen LogP contribution in [-0.4, -0.2) is 33.3 Å². The quantitative estimate of drug-likeness (QED) is 0.534. The summed E-state index contributed by atoms with van der Waals surface area (Å²) in [6.45, 7) is 0.0247. The molecule has 0 amide bonds. The second kappa shape index (κ2) is 5.12. The van der Waals surface area contributed by atoms with Crippen molar-refractivity contribution < 1.29 is 12.6 Å². The van der Waals surface area contributed by atoms with Crippen LogP contribution in [0.2, 0.25) is 0 Å². The first kappa shape index (κ1) is 10.4. The van der Waals surface area contributed by atoms with Gasteiger partial charge in [0.25, 0.3) is 0 Å². The molecule has 1 rings (SSSR count). The minimum absolute atomic E-state index is 0.103. The third-order valence-corrected chi connectivity index (χ3v) is 4.14. The van der Waals surface area contributed by atoms with Gasteiger partial charge < -0.3 is 0 Å². The number of nitrogens with two attached hydrogens (primary N) is 1. The molecule has 0 aliphatic heterocycles. The van der Waals surface area contributed by atoms with Crippen LogP contribution >= 0.6 is 0 Å². The molecule has 0 aromatic heterocycles. The minimum atomic E-state index is -2.83. The molecule has 1 aromatic rings. The van der Waals surface area contributed by atoms with Gasteiger partial charge in [0.2, 0.25) is 0 Å². The third-order valence-electron chi connectivity index (χ3n) is 1.47. The van der Waals surface area contributed by atoms with E-state index in [1.165, 1.54) is 0 Å². The van der Waals surface area contributed by atoms with Crippen LogP contribution < -0.4 is 10.1 Å². The van der Waals surface area contributed by atoms with Crippen molar-refractivity contribution in [2.45, 2.75) is 0 Å². The van der Waals surface area contributed by atoms with Crippen LogP contribution in [0.4, 0.5) is 5.69 Å². The summed E-state index contributed by atoms with van der Waals surface area (Å²) in [5, 5.41) is 8.45. The van der Waals surface area contributed by atoms with E-state index in [9.17, 15) is 3.74 Å². The van der Waals surface area contributed by atoms with Crippen molar-refractivity contribution in [3.05, 3.63) is 24.3 Å². The van der Waals surface area contributed by atoms with E-state index in [-0.39, 0.29) is 13.2 Å². The fourth-order valence-electron chi connectivity index (χ4n) is 0.841. The summed E-state index contributed by atoms with van der Waals surface area (Å²) < 4.78 is 17.0. The average Bonchev–Trinajstić information content (AvgIpc) is 2.15. The van der Waals surface area contributed by atoms with Crippen LogP contribution in [0, 0.1) is 0 Å². The second-order valence-corrected chi connectivity index (χ2v) is 5.50. The molecule has 1 atom stereocenters. The average molecular weight is 245 g/mol. The van der Waals surface area contributed by atoms with Gasteiger partial charge in [0, 0.05) is 0 Å². The van der Waals surface area contributed by atoms with Crippen molar-refractivity contribution in [2.75, 3.05) is 18.9 Å². The monoisotopic (exact) mass is 245 g/mol. The molecule has 0 aliphatic rings. The number of aliphatic hydroxyl groups is 1. The van der Waals surface area contributed by atoms with Crippen LogP contribution in [-0.2, 0) is 7.47 Å². The van der Waals surface area contributed by atoms with E-state index in [0.29, 0.717) is 10.0 Å². The van der Waals surface area contributed by atoms with Crippen molar-refractivity contribution in [2.24, 2.45) is 0 Å². The molecule has 0 saturated carbocycles. The van der Waals surface area contributed by atoms with E-state index in [0.717, 1.165) is 0 Å². The number of hydrogen-bond donors (Lipinski definition) is 2. The maximum atomic E-state index is 11.4. The summed E-state index contributed by atoms with van der Waals surface area (Å²) in [6.07, 6.45) is 0. The molecule has 3 N–H and O–H groups in total. The van der Waals surface area contributed by atoms with Gasteiger partial charge in [-0.05, 0) is 0 Å². The molecular formula is C8H12AsNO3. The molecule has 13 heavy (non-hydrogen) atoms. The standard InChI is InChI=1S/C8H12AsNO3/c10-8-3-1-7(2-4-8)9(12)13-6-5-11/h1-4,9,11H,5-6,10H2. The Kier molecular flexibility index (Phi) is 4.09. The first-order chi connectivity index (χ1) is 6.24. The fraction of sp³-hybridized carbons (Fsp3) is 0.250. The van der Waals surface area contributed by atoms with E-state index in [4.69, 9.17) is 14.6 Å². The summed E-state index contributed by atoms with van der Waals surface area (Å²) in [6, 6.07) is 6.75. The van der Waals surface area contributed by atoms with Crippen molar-refractivity contribution in [1.29, 1.82) is 0 Å². The predicted molar refractivity (Wildman–Crippen MR) is 51.4 cm³/mol. The molecule has 0 saturated heterocycles. The van der Waals surface area contributed by atoms with Crippen LogP contribution in [0.25, 0.3) is 0 Å². The Bertz CT molecular complexity index is 286. The van der Waals surface area contributed by atoms with Gasteiger partial charge in [-0.3, -0.25) is 0 Å². The van der Waals surface area contributed by atoms with Crippen molar-refractivity contribution in [3.8, 4) is 0 Å². The molecule has 4 nitrogen and oxygen atoms in total. The van der Waals surface area contributed by atoms with E-state index < -0.39 is 14.9 Å². The first-order valence-electron chi connectivity index (χ1n) is 3.87. The van der Waals surface area contributed by atoms with Crippen LogP contribution in [0.3, 0.4) is 0 Å². The van der Waals surface area contributed by atoms with Crippen molar-refractivity contribution in [1.82, 2.24) is 0 Å². The molecule has 0 heterocycles. The molecule has 0 radical (unpaired) electrons. The van der Waals surface area contributed by atoms with Gasteiger partial charge in [-0.2, -0.15) is 0 Å². The summed E-state index contributed by atoms with van der Waals surface area (Å²) in [4.78, 5) is 0. The Morgan fingerprint density at radius 3 is 2.54 bits per heavy atom. The van der Waals surface area contributed by atoms with Gasteiger partial charge in [-0.15, -0.1) is 0 Å². The molecule has 1 unspecified atom stereocenters. The molecule has 0 spiro atoms. The summed E-state index contributed by atoms with van der Waals surface area (Å²) >= 11 is -2.83. The molecule has 0 aliphatic carbocycles. The van der Waals surface area contributed by atoms with Crippen LogP contribution in [0.1, 0.15) is 0 Å². The van der Waals surface area contributed by atoms with Gasteiger partial charge >= 0.3 is 80.8 Å². The number of aliphatic hydroxyl groups excluding tert-OH is 1. The number of anilines is 1. The Hall–Kier alpha value is -0.702. The number of nitrogen functional groups attached to an aromatic ring is 1. The van der Waals surface area contributed by atoms with Gasteiger partial charge in [0.15, 0.2) is 0 Å². The van der Waals surface area contributed by atoms with Gasteiger partial charge in [-0.25, -0.2) is 0 Å². The topological polar surface area (TPSA) is 72.6 Å². The van der Waals surface area contributed by atoms with Crippen LogP contribution in [0.5, 0.6) is 0 Å². The number of benzene rings is 1. The van der Waals surface area contributed by atoms with E-state index >= 15 is 0 Å². The molecular weight excluding hydrogens is 233 g/mol. The summed E-state index contributed by atoms with van der Waals surface area (Å²) in [5.74, 6) is 0. The Labute approximate surface area is 81.2 Å². The molecule has 0 fully saturated rings. The Morgan fingerprint density at radius 1 is 1.38 bits per heavy atom. The van der Waals surface area contributed by atoms with Gasteiger partial charge in [0.05, 0.1) is 0 Å². The SMILES string of the molecule is Nc1ccc([AsH](=O)OCCO)cc1. The van der Waals surface area contributed by atoms with Crippen LogP contribution in [0.15, 0.2) is 24.3 Å². The van der Waals surface area contributed by atoms with E-state index in [1.54, 1.807) is 24.3 Å². The van der Waals surface area contributed by atoms with Gasteiger partial charge in [0.1, 0.15) is 0 Å². The zero-order chi connectivity index (χ0) is 9.68. The molecule has 5 heteroatoms. The Balaban J connectivity index is 2.61.